The molecule has 1 heterocycles. The lowest BCUT2D eigenvalue weighted by Gasteiger charge is -2.29. The van der Waals surface area contributed by atoms with E-state index >= 15 is 0 Å². The van der Waals surface area contributed by atoms with Crippen LogP contribution in [0.5, 0.6) is 0 Å². The first-order chi connectivity index (χ1) is 13.6. The van der Waals surface area contributed by atoms with E-state index in [1.807, 2.05) is 0 Å². The highest BCUT2D eigenvalue weighted by molar-refractivity contribution is 6.24. The van der Waals surface area contributed by atoms with E-state index in [-0.39, 0.29) is 18.5 Å². The molecule has 1 fully saturated rings. The average molecular weight is 405 g/mol. The lowest BCUT2D eigenvalue weighted by molar-refractivity contribution is -0.201. The third-order valence-corrected chi connectivity index (χ3v) is 4.55. The summed E-state index contributed by atoms with van der Waals surface area (Å²) < 4.78 is 41.5. The van der Waals surface area contributed by atoms with Crippen molar-refractivity contribution in [3.8, 4) is 0 Å². The standard InChI is InChI=1S/C20H18F3N3O3/c1-13-7-10-15(11-8-13)26-17(28)19(20(21,22)23,25-18(26)29)24-16(27)12-9-14-5-3-2-4-6-14/h2-8,10-11H,9,12H2,1H3,(H,24,27)(H,25,29). The van der Waals surface area contributed by atoms with Gasteiger partial charge in [0.25, 0.3) is 11.6 Å². The minimum absolute atomic E-state index is 0.0252. The number of amides is 4. The fourth-order valence-corrected chi connectivity index (χ4v) is 2.98. The summed E-state index contributed by atoms with van der Waals surface area (Å²) in [7, 11) is 0. The highest BCUT2D eigenvalue weighted by Gasteiger charge is 2.69. The Kier molecular flexibility index (Phi) is 5.32. The summed E-state index contributed by atoms with van der Waals surface area (Å²) >= 11 is 0. The fraction of sp³-hybridized carbons (Fsp3) is 0.250. The minimum Gasteiger partial charge on any atom is -0.318 e. The molecule has 0 aliphatic carbocycles. The highest BCUT2D eigenvalue weighted by atomic mass is 19.4. The van der Waals surface area contributed by atoms with Gasteiger partial charge >= 0.3 is 12.2 Å². The summed E-state index contributed by atoms with van der Waals surface area (Å²) in [6.07, 6.45) is -5.33. The summed E-state index contributed by atoms with van der Waals surface area (Å²) in [6.45, 7) is 1.75. The van der Waals surface area contributed by atoms with Crippen LogP contribution in [-0.4, -0.2) is 29.7 Å². The fourth-order valence-electron chi connectivity index (χ4n) is 2.98. The minimum atomic E-state index is -5.23. The summed E-state index contributed by atoms with van der Waals surface area (Å²) in [6, 6.07) is 13.3. The Balaban J connectivity index is 1.83. The van der Waals surface area contributed by atoms with Crippen LogP contribution < -0.4 is 15.5 Å². The summed E-state index contributed by atoms with van der Waals surface area (Å²) in [5.41, 5.74) is -1.98. The number of urea groups is 1. The zero-order valence-electron chi connectivity index (χ0n) is 15.4. The number of benzene rings is 2. The van der Waals surface area contributed by atoms with Gasteiger partial charge in [-0.05, 0) is 31.0 Å². The first-order valence-electron chi connectivity index (χ1n) is 8.79. The van der Waals surface area contributed by atoms with Crippen molar-refractivity contribution in [2.24, 2.45) is 0 Å². The lowest BCUT2D eigenvalue weighted by atomic mass is 10.1. The maximum Gasteiger partial charge on any atom is 0.440 e. The van der Waals surface area contributed by atoms with Crippen LogP contribution >= 0.6 is 0 Å². The molecular weight excluding hydrogens is 387 g/mol. The van der Waals surface area contributed by atoms with E-state index < -0.39 is 29.7 Å². The van der Waals surface area contributed by atoms with Crippen molar-refractivity contribution >= 4 is 23.5 Å². The molecule has 1 saturated heterocycles. The molecule has 2 aromatic carbocycles. The third-order valence-electron chi connectivity index (χ3n) is 4.55. The molecule has 1 atom stereocenters. The number of imide groups is 1. The monoisotopic (exact) mass is 405 g/mol. The van der Waals surface area contributed by atoms with Crippen molar-refractivity contribution in [3.05, 3.63) is 65.7 Å². The maximum atomic E-state index is 13.8. The number of hydrogen-bond acceptors (Lipinski definition) is 3. The zero-order chi connectivity index (χ0) is 21.2. The van der Waals surface area contributed by atoms with Crippen LogP contribution in [-0.2, 0) is 16.0 Å². The van der Waals surface area contributed by atoms with E-state index in [1.165, 1.54) is 12.1 Å². The zero-order valence-corrected chi connectivity index (χ0v) is 15.4. The number of anilines is 1. The number of halogens is 3. The number of hydrogen-bond donors (Lipinski definition) is 2. The van der Waals surface area contributed by atoms with Crippen molar-refractivity contribution in [1.82, 2.24) is 10.6 Å². The lowest BCUT2D eigenvalue weighted by Crippen LogP contribution is -2.69. The van der Waals surface area contributed by atoms with E-state index in [4.69, 9.17) is 0 Å². The van der Waals surface area contributed by atoms with E-state index in [0.717, 1.165) is 11.1 Å². The predicted octanol–water partition coefficient (Wildman–Crippen LogP) is 3.06. The number of nitrogens with one attached hydrogen (secondary N) is 2. The number of aryl methyl sites for hydroxylation is 2. The summed E-state index contributed by atoms with van der Waals surface area (Å²) in [4.78, 5) is 37.5. The molecule has 9 heteroatoms. The van der Waals surface area contributed by atoms with Crippen LogP contribution in [0.25, 0.3) is 0 Å². The molecule has 2 N–H and O–H groups in total. The second-order valence-electron chi connectivity index (χ2n) is 6.69. The van der Waals surface area contributed by atoms with Crippen molar-refractivity contribution in [3.63, 3.8) is 0 Å². The summed E-state index contributed by atoms with van der Waals surface area (Å²) in [5, 5.41) is 3.34. The van der Waals surface area contributed by atoms with Gasteiger partial charge in [-0.1, -0.05) is 48.0 Å². The molecule has 0 bridgehead atoms. The van der Waals surface area contributed by atoms with Crippen LogP contribution in [0.15, 0.2) is 54.6 Å². The van der Waals surface area contributed by atoms with Gasteiger partial charge < -0.3 is 5.32 Å². The molecule has 3 rings (SSSR count). The van der Waals surface area contributed by atoms with Gasteiger partial charge in [0.05, 0.1) is 5.69 Å². The van der Waals surface area contributed by atoms with E-state index in [9.17, 15) is 27.6 Å². The Hall–Kier alpha value is -3.36. The second-order valence-corrected chi connectivity index (χ2v) is 6.69. The molecule has 152 valence electrons. The topological polar surface area (TPSA) is 78.5 Å². The number of nitrogens with zero attached hydrogens (tertiary/aromatic N) is 1. The predicted molar refractivity (Wildman–Crippen MR) is 98.9 cm³/mol. The molecule has 0 aromatic heterocycles. The third kappa shape index (κ3) is 3.94. The normalized spacial score (nSPS) is 19.2. The second kappa shape index (κ2) is 7.57. The highest BCUT2D eigenvalue weighted by Crippen LogP contribution is 2.35. The molecule has 6 nitrogen and oxygen atoms in total. The van der Waals surface area contributed by atoms with E-state index in [1.54, 1.807) is 60.0 Å². The molecule has 0 radical (unpaired) electrons. The molecule has 0 saturated carbocycles. The maximum absolute atomic E-state index is 13.8. The van der Waals surface area contributed by atoms with Gasteiger partial charge in [0.15, 0.2) is 0 Å². The molecule has 29 heavy (non-hydrogen) atoms. The van der Waals surface area contributed by atoms with Gasteiger partial charge in [0.2, 0.25) is 5.91 Å². The number of carbonyl (C=O) groups is 3. The van der Waals surface area contributed by atoms with Crippen molar-refractivity contribution in [2.45, 2.75) is 31.6 Å². The Labute approximate surface area is 164 Å². The quantitative estimate of drug-likeness (QED) is 0.751. The Bertz CT molecular complexity index is 929. The van der Waals surface area contributed by atoms with Gasteiger partial charge in [-0.25, -0.2) is 9.69 Å². The first-order valence-corrected chi connectivity index (χ1v) is 8.79. The van der Waals surface area contributed by atoms with E-state index in [2.05, 4.69) is 0 Å². The molecule has 1 aliphatic heterocycles. The molecule has 2 aromatic rings. The van der Waals surface area contributed by atoms with Crippen molar-refractivity contribution in [1.29, 1.82) is 0 Å². The molecule has 4 amide bonds. The van der Waals surface area contributed by atoms with Gasteiger partial charge in [0, 0.05) is 6.42 Å². The Morgan fingerprint density at radius 3 is 2.28 bits per heavy atom. The van der Waals surface area contributed by atoms with Crippen LogP contribution in [0.1, 0.15) is 17.5 Å². The van der Waals surface area contributed by atoms with Crippen LogP contribution in [0, 0.1) is 6.92 Å². The Morgan fingerprint density at radius 1 is 1.07 bits per heavy atom. The smallest absolute Gasteiger partial charge is 0.318 e. The number of rotatable bonds is 5. The van der Waals surface area contributed by atoms with Gasteiger partial charge in [-0.15, -0.1) is 0 Å². The van der Waals surface area contributed by atoms with Gasteiger partial charge in [0.1, 0.15) is 0 Å². The van der Waals surface area contributed by atoms with Gasteiger partial charge in [-0.3, -0.25) is 14.9 Å². The largest absolute Gasteiger partial charge is 0.440 e. The Morgan fingerprint density at radius 2 is 1.69 bits per heavy atom. The number of alkyl halides is 3. The van der Waals surface area contributed by atoms with Crippen LogP contribution in [0.4, 0.5) is 23.7 Å². The number of carbonyl (C=O) groups excluding carboxylic acids is 3. The molecule has 0 spiro atoms. The van der Waals surface area contributed by atoms with Crippen LogP contribution in [0.3, 0.4) is 0 Å². The first kappa shape index (κ1) is 20.4. The summed E-state index contributed by atoms with van der Waals surface area (Å²) in [5.74, 6) is -2.61. The molecular formula is C20H18F3N3O3. The average Bonchev–Trinajstić information content (AvgIpc) is 2.92. The molecule has 1 aliphatic rings. The van der Waals surface area contributed by atoms with Crippen molar-refractivity contribution in [2.75, 3.05) is 4.90 Å². The van der Waals surface area contributed by atoms with Gasteiger partial charge in [-0.2, -0.15) is 13.2 Å². The van der Waals surface area contributed by atoms with E-state index in [0.29, 0.717) is 4.90 Å². The SMILES string of the molecule is Cc1ccc(N2C(=O)NC(NC(=O)CCc3ccccc3)(C(F)(F)F)C2=O)cc1. The molecule has 1 unspecified atom stereocenters. The van der Waals surface area contributed by atoms with Crippen molar-refractivity contribution < 1.29 is 27.6 Å². The van der Waals surface area contributed by atoms with Crippen LogP contribution in [0.2, 0.25) is 0 Å².